The van der Waals surface area contributed by atoms with Crippen molar-refractivity contribution >= 4 is 0 Å². The van der Waals surface area contributed by atoms with Gasteiger partial charge in [-0.1, -0.05) is 23.3 Å². The third-order valence-electron chi connectivity index (χ3n) is 5.53. The van der Waals surface area contributed by atoms with Crippen molar-refractivity contribution in [2.45, 2.75) is 45.6 Å². The fourth-order valence-electron chi connectivity index (χ4n) is 4.40. The Bertz CT molecular complexity index is 396. The summed E-state index contributed by atoms with van der Waals surface area (Å²) in [6, 6.07) is 0. The molecule has 2 heteroatoms. The third-order valence-corrected chi connectivity index (χ3v) is 5.53. The first-order valence-corrected chi connectivity index (χ1v) is 7.12. The van der Waals surface area contributed by atoms with Crippen molar-refractivity contribution in [3.05, 3.63) is 23.3 Å². The highest BCUT2D eigenvalue weighted by Crippen LogP contribution is 2.61. The molecule has 0 aliphatic heterocycles. The van der Waals surface area contributed by atoms with Crippen LogP contribution in [0.5, 0.6) is 0 Å². The standard InChI is InChI=1S/C16H24O2/c1-11-4-5-16-9-13(11)7-14(16)8-15(6-12(16)2)18-10-17-3/h4,6,13-15H,5,7-10H2,1-3H3/t13-,14+,15-,16-/m0/s1. The van der Waals surface area contributed by atoms with Crippen LogP contribution in [0.1, 0.15) is 39.5 Å². The summed E-state index contributed by atoms with van der Waals surface area (Å²) in [5, 5.41) is 0. The van der Waals surface area contributed by atoms with Crippen molar-refractivity contribution in [1.29, 1.82) is 0 Å². The molecular weight excluding hydrogens is 224 g/mol. The lowest BCUT2D eigenvalue weighted by Gasteiger charge is -2.42. The number of rotatable bonds is 3. The summed E-state index contributed by atoms with van der Waals surface area (Å²) in [7, 11) is 1.69. The van der Waals surface area contributed by atoms with Crippen LogP contribution in [-0.4, -0.2) is 20.0 Å². The van der Waals surface area contributed by atoms with Crippen molar-refractivity contribution in [3.8, 4) is 0 Å². The Hall–Kier alpha value is -0.600. The van der Waals surface area contributed by atoms with Crippen LogP contribution in [-0.2, 0) is 9.47 Å². The SMILES string of the molecule is COCO[C@H]1C=C(C)[C@@]23CC=C(C)[C@@H](C[C@@H]2C1)C3. The Morgan fingerprint density at radius 2 is 2.17 bits per heavy atom. The Balaban J connectivity index is 1.82. The van der Waals surface area contributed by atoms with E-state index in [1.165, 1.54) is 25.7 Å². The van der Waals surface area contributed by atoms with E-state index < -0.39 is 0 Å². The summed E-state index contributed by atoms with van der Waals surface area (Å²) in [6.07, 6.45) is 10.3. The second kappa shape index (κ2) is 4.50. The highest BCUT2D eigenvalue weighted by atomic mass is 16.7. The van der Waals surface area contributed by atoms with Gasteiger partial charge in [0.2, 0.25) is 0 Å². The normalized spacial score (nSPS) is 42.3. The highest BCUT2D eigenvalue weighted by molar-refractivity contribution is 5.30. The van der Waals surface area contributed by atoms with Gasteiger partial charge >= 0.3 is 0 Å². The molecule has 1 saturated carbocycles. The molecule has 3 rings (SSSR count). The lowest BCUT2D eigenvalue weighted by atomic mass is 9.63. The van der Waals surface area contributed by atoms with Gasteiger partial charge in [0.25, 0.3) is 0 Å². The molecule has 0 aromatic rings. The molecule has 0 aromatic carbocycles. The number of hydrogen-bond acceptors (Lipinski definition) is 2. The van der Waals surface area contributed by atoms with Crippen molar-refractivity contribution in [2.75, 3.05) is 13.9 Å². The zero-order valence-electron chi connectivity index (χ0n) is 11.7. The Morgan fingerprint density at radius 1 is 1.33 bits per heavy atom. The van der Waals surface area contributed by atoms with E-state index in [1.807, 2.05) is 0 Å². The van der Waals surface area contributed by atoms with E-state index in [0.29, 0.717) is 12.2 Å². The predicted molar refractivity (Wildman–Crippen MR) is 72.1 cm³/mol. The monoisotopic (exact) mass is 248 g/mol. The third kappa shape index (κ3) is 1.78. The van der Waals surface area contributed by atoms with Crippen LogP contribution in [0.25, 0.3) is 0 Å². The molecule has 0 N–H and O–H groups in total. The molecule has 2 bridgehead atoms. The number of ether oxygens (including phenoxy) is 2. The molecule has 2 nitrogen and oxygen atoms in total. The summed E-state index contributed by atoms with van der Waals surface area (Å²) in [4.78, 5) is 0. The second-order valence-electron chi connectivity index (χ2n) is 6.34. The lowest BCUT2D eigenvalue weighted by molar-refractivity contribution is -0.0691. The van der Waals surface area contributed by atoms with Crippen LogP contribution in [0.15, 0.2) is 23.3 Å². The van der Waals surface area contributed by atoms with Crippen LogP contribution < -0.4 is 0 Å². The molecule has 3 aliphatic rings. The average molecular weight is 248 g/mol. The van der Waals surface area contributed by atoms with Crippen LogP contribution in [0.3, 0.4) is 0 Å². The topological polar surface area (TPSA) is 18.5 Å². The van der Waals surface area contributed by atoms with Gasteiger partial charge in [-0.3, -0.25) is 0 Å². The van der Waals surface area contributed by atoms with E-state index in [4.69, 9.17) is 9.47 Å². The van der Waals surface area contributed by atoms with Gasteiger partial charge in [-0.25, -0.2) is 0 Å². The molecule has 0 unspecified atom stereocenters. The molecule has 1 spiro atoms. The summed E-state index contributed by atoms with van der Waals surface area (Å²) in [6.45, 7) is 5.04. The molecule has 0 saturated heterocycles. The summed E-state index contributed by atoms with van der Waals surface area (Å²) in [5.41, 5.74) is 3.65. The van der Waals surface area contributed by atoms with Gasteiger partial charge in [-0.15, -0.1) is 0 Å². The van der Waals surface area contributed by atoms with Crippen molar-refractivity contribution < 1.29 is 9.47 Å². The minimum atomic E-state index is 0.264. The molecule has 0 amide bonds. The van der Waals surface area contributed by atoms with Gasteiger partial charge in [-0.05, 0) is 56.8 Å². The second-order valence-corrected chi connectivity index (χ2v) is 6.34. The van der Waals surface area contributed by atoms with Gasteiger partial charge in [0.15, 0.2) is 0 Å². The molecule has 3 aliphatic carbocycles. The number of fused-ring (bicyclic) bond motifs is 1. The zero-order valence-corrected chi connectivity index (χ0v) is 11.7. The van der Waals surface area contributed by atoms with Crippen molar-refractivity contribution in [2.24, 2.45) is 17.3 Å². The van der Waals surface area contributed by atoms with E-state index in [-0.39, 0.29) is 6.10 Å². The van der Waals surface area contributed by atoms with Gasteiger partial charge in [-0.2, -0.15) is 0 Å². The maximum absolute atomic E-state index is 5.77. The van der Waals surface area contributed by atoms with E-state index in [9.17, 15) is 0 Å². The quantitative estimate of drug-likeness (QED) is 0.560. The van der Waals surface area contributed by atoms with Crippen molar-refractivity contribution in [3.63, 3.8) is 0 Å². The highest BCUT2D eigenvalue weighted by Gasteiger charge is 2.52. The van der Waals surface area contributed by atoms with Crippen LogP contribution in [0.4, 0.5) is 0 Å². The molecule has 0 radical (unpaired) electrons. The first-order valence-electron chi connectivity index (χ1n) is 7.12. The largest absolute Gasteiger partial charge is 0.359 e. The van der Waals surface area contributed by atoms with Gasteiger partial charge in [0.1, 0.15) is 6.79 Å². The summed E-state index contributed by atoms with van der Waals surface area (Å²) in [5.74, 6) is 1.64. The Kier molecular flexibility index (Phi) is 3.11. The van der Waals surface area contributed by atoms with Gasteiger partial charge in [0.05, 0.1) is 6.10 Å². The minimum absolute atomic E-state index is 0.264. The zero-order chi connectivity index (χ0) is 12.8. The van der Waals surface area contributed by atoms with Crippen LogP contribution >= 0.6 is 0 Å². The fraction of sp³-hybridized carbons (Fsp3) is 0.750. The molecular formula is C16H24O2. The Morgan fingerprint density at radius 3 is 2.94 bits per heavy atom. The van der Waals surface area contributed by atoms with E-state index in [2.05, 4.69) is 26.0 Å². The lowest BCUT2D eigenvalue weighted by Crippen LogP contribution is -2.35. The first kappa shape index (κ1) is 12.4. The maximum Gasteiger partial charge on any atom is 0.147 e. The van der Waals surface area contributed by atoms with E-state index >= 15 is 0 Å². The summed E-state index contributed by atoms with van der Waals surface area (Å²) < 4.78 is 10.8. The molecule has 100 valence electrons. The molecule has 1 fully saturated rings. The summed E-state index contributed by atoms with van der Waals surface area (Å²) >= 11 is 0. The van der Waals surface area contributed by atoms with Crippen molar-refractivity contribution in [1.82, 2.24) is 0 Å². The maximum atomic E-state index is 5.77. The van der Waals surface area contributed by atoms with Crippen LogP contribution in [0.2, 0.25) is 0 Å². The number of methoxy groups -OCH3 is 1. The molecule has 4 atom stereocenters. The Labute approximate surface area is 110 Å². The fourth-order valence-corrected chi connectivity index (χ4v) is 4.40. The van der Waals surface area contributed by atoms with Crippen LogP contribution in [0, 0.1) is 17.3 Å². The molecule has 0 aromatic heterocycles. The first-order chi connectivity index (χ1) is 8.65. The molecule has 0 heterocycles. The minimum Gasteiger partial charge on any atom is -0.359 e. The smallest absolute Gasteiger partial charge is 0.147 e. The molecule has 18 heavy (non-hydrogen) atoms. The number of allylic oxidation sites excluding steroid dienone is 3. The predicted octanol–water partition coefficient (Wildman–Crippen LogP) is 3.69. The van der Waals surface area contributed by atoms with Gasteiger partial charge < -0.3 is 9.47 Å². The van der Waals surface area contributed by atoms with Gasteiger partial charge in [0, 0.05) is 7.11 Å². The number of hydrogen-bond donors (Lipinski definition) is 0. The van der Waals surface area contributed by atoms with E-state index in [1.54, 1.807) is 18.3 Å². The average Bonchev–Trinajstić information content (AvgIpc) is 2.68. The van der Waals surface area contributed by atoms with E-state index in [0.717, 1.165) is 11.8 Å².